The van der Waals surface area contributed by atoms with Crippen molar-refractivity contribution in [2.24, 2.45) is 0 Å². The summed E-state index contributed by atoms with van der Waals surface area (Å²) in [4.78, 5) is 0. The molecule has 1 aromatic carbocycles. The molecule has 0 aliphatic heterocycles. The van der Waals surface area contributed by atoms with Gasteiger partial charge in [0.15, 0.2) is 0 Å². The van der Waals surface area contributed by atoms with Gasteiger partial charge in [0.2, 0.25) is 0 Å². The average Bonchev–Trinajstić information content (AvgIpc) is 2.48. The Bertz CT molecular complexity index is 454. The largest absolute Gasteiger partial charge is 0.492 e. The number of aryl methyl sites for hydroxylation is 1. The lowest BCUT2D eigenvalue weighted by atomic mass is 10.1. The van der Waals surface area contributed by atoms with E-state index in [4.69, 9.17) is 9.84 Å². The van der Waals surface area contributed by atoms with Crippen LogP contribution in [0.2, 0.25) is 0 Å². The second-order valence-corrected chi connectivity index (χ2v) is 5.39. The molecule has 0 spiro atoms. The lowest BCUT2D eigenvalue weighted by molar-refractivity contribution is 0.303. The minimum absolute atomic E-state index is 0.104. The van der Waals surface area contributed by atoms with Gasteiger partial charge < -0.3 is 9.84 Å². The van der Waals surface area contributed by atoms with Gasteiger partial charge in [-0.1, -0.05) is 56.9 Å². The van der Waals surface area contributed by atoms with Gasteiger partial charge in [0.05, 0.1) is 18.8 Å². The van der Waals surface area contributed by atoms with Crippen molar-refractivity contribution in [1.82, 2.24) is 0 Å². The molecule has 1 N–H and O–H groups in total. The quantitative estimate of drug-likeness (QED) is 0.536. The monoisotopic (exact) mass is 288 g/mol. The number of ether oxygens (including phenoxy) is 1. The van der Waals surface area contributed by atoms with Crippen LogP contribution < -0.4 is 4.74 Å². The summed E-state index contributed by atoms with van der Waals surface area (Å²) in [5.41, 5.74) is 2.10. The van der Waals surface area contributed by atoms with E-state index >= 15 is 0 Å². The average molecular weight is 288 g/mol. The zero-order valence-corrected chi connectivity index (χ0v) is 13.5. The Labute approximate surface area is 129 Å². The van der Waals surface area contributed by atoms with Crippen molar-refractivity contribution in [3.8, 4) is 17.6 Å². The number of hydrogen-bond donors (Lipinski definition) is 1. The van der Waals surface area contributed by atoms with E-state index in [1.54, 1.807) is 0 Å². The maximum Gasteiger partial charge on any atom is 0.134 e. The molecule has 0 unspecified atom stereocenters. The lowest BCUT2D eigenvalue weighted by Gasteiger charge is -2.09. The minimum Gasteiger partial charge on any atom is -0.492 e. The van der Waals surface area contributed by atoms with E-state index in [0.717, 1.165) is 24.3 Å². The summed E-state index contributed by atoms with van der Waals surface area (Å²) in [7, 11) is 0. The summed E-state index contributed by atoms with van der Waals surface area (Å²) < 4.78 is 5.86. The van der Waals surface area contributed by atoms with Crippen molar-refractivity contribution in [2.75, 3.05) is 13.2 Å². The van der Waals surface area contributed by atoms with E-state index in [2.05, 4.69) is 25.7 Å². The predicted molar refractivity (Wildman–Crippen MR) is 88.6 cm³/mol. The van der Waals surface area contributed by atoms with Gasteiger partial charge in [-0.2, -0.15) is 0 Å². The van der Waals surface area contributed by atoms with Crippen LogP contribution >= 0.6 is 0 Å². The molecular formula is C19H28O2. The first-order valence-corrected chi connectivity index (χ1v) is 8.11. The molecule has 2 heteroatoms. The van der Waals surface area contributed by atoms with Gasteiger partial charge in [0.25, 0.3) is 0 Å². The fourth-order valence-corrected chi connectivity index (χ4v) is 2.15. The fourth-order valence-electron chi connectivity index (χ4n) is 2.15. The highest BCUT2D eigenvalue weighted by atomic mass is 16.5. The molecule has 116 valence electrons. The Morgan fingerprint density at radius 2 is 1.86 bits per heavy atom. The highest BCUT2D eigenvalue weighted by Crippen LogP contribution is 2.19. The molecule has 0 aliphatic rings. The number of unbranched alkanes of at least 4 members (excludes halogenated alkanes) is 5. The number of rotatable bonds is 9. The van der Waals surface area contributed by atoms with E-state index < -0.39 is 0 Å². The van der Waals surface area contributed by atoms with Gasteiger partial charge in [-0.05, 0) is 31.0 Å². The van der Waals surface area contributed by atoms with E-state index in [-0.39, 0.29) is 6.61 Å². The van der Waals surface area contributed by atoms with E-state index in [1.165, 1.54) is 37.7 Å². The third kappa shape index (κ3) is 7.78. The Morgan fingerprint density at radius 3 is 2.62 bits per heavy atom. The second-order valence-electron chi connectivity index (χ2n) is 5.39. The normalized spacial score (nSPS) is 10.0. The van der Waals surface area contributed by atoms with Crippen LogP contribution in [0.5, 0.6) is 5.75 Å². The van der Waals surface area contributed by atoms with Crippen LogP contribution in [0.1, 0.15) is 63.0 Å². The van der Waals surface area contributed by atoms with Crippen LogP contribution in [-0.4, -0.2) is 18.3 Å². The molecule has 1 rings (SSSR count). The predicted octanol–water partition coefficient (Wildman–Crippen LogP) is 4.47. The Hall–Kier alpha value is -1.46. The molecule has 0 aromatic heterocycles. The van der Waals surface area contributed by atoms with E-state index in [9.17, 15) is 0 Å². The van der Waals surface area contributed by atoms with Crippen LogP contribution in [0.15, 0.2) is 18.2 Å². The molecule has 0 amide bonds. The molecule has 0 radical (unpaired) electrons. The highest BCUT2D eigenvalue weighted by molar-refractivity contribution is 5.48. The van der Waals surface area contributed by atoms with Gasteiger partial charge in [0, 0.05) is 6.42 Å². The number of benzene rings is 1. The molecule has 21 heavy (non-hydrogen) atoms. The zero-order valence-electron chi connectivity index (χ0n) is 13.5. The first-order chi connectivity index (χ1) is 10.3. The Morgan fingerprint density at radius 1 is 1.10 bits per heavy atom. The van der Waals surface area contributed by atoms with E-state index in [1.807, 2.05) is 18.2 Å². The van der Waals surface area contributed by atoms with Crippen LogP contribution in [0.25, 0.3) is 0 Å². The fraction of sp³-hybridized carbons (Fsp3) is 0.579. The second kappa shape index (κ2) is 11.2. The summed E-state index contributed by atoms with van der Waals surface area (Å²) in [6.07, 6.45) is 8.09. The van der Waals surface area contributed by atoms with Gasteiger partial charge in [-0.15, -0.1) is 0 Å². The van der Waals surface area contributed by atoms with Crippen molar-refractivity contribution in [1.29, 1.82) is 0 Å². The minimum atomic E-state index is 0.104. The smallest absolute Gasteiger partial charge is 0.134 e. The third-order valence-corrected chi connectivity index (χ3v) is 3.35. The molecule has 2 nitrogen and oxygen atoms in total. The SMILES string of the molecule is CCCCCCCCOc1ccc(C)cc1C#CCCO. The van der Waals surface area contributed by atoms with Gasteiger partial charge in [0.1, 0.15) is 5.75 Å². The summed E-state index contributed by atoms with van der Waals surface area (Å²) in [6, 6.07) is 6.09. The van der Waals surface area contributed by atoms with Crippen LogP contribution in [0, 0.1) is 18.8 Å². The Balaban J connectivity index is 2.42. The molecule has 0 saturated carbocycles. The molecule has 0 heterocycles. The third-order valence-electron chi connectivity index (χ3n) is 3.35. The maximum atomic E-state index is 8.80. The maximum absolute atomic E-state index is 8.80. The number of aliphatic hydroxyl groups excluding tert-OH is 1. The van der Waals surface area contributed by atoms with Crippen LogP contribution in [-0.2, 0) is 0 Å². The van der Waals surface area contributed by atoms with Crippen molar-refractivity contribution in [2.45, 2.75) is 58.8 Å². The summed E-state index contributed by atoms with van der Waals surface area (Å²) in [5.74, 6) is 6.91. The van der Waals surface area contributed by atoms with Crippen LogP contribution in [0.4, 0.5) is 0 Å². The van der Waals surface area contributed by atoms with E-state index in [0.29, 0.717) is 6.42 Å². The summed E-state index contributed by atoms with van der Waals surface area (Å²) in [5, 5.41) is 8.80. The zero-order chi connectivity index (χ0) is 15.3. The van der Waals surface area contributed by atoms with Gasteiger partial charge in [-0.25, -0.2) is 0 Å². The topological polar surface area (TPSA) is 29.5 Å². The number of aliphatic hydroxyl groups is 1. The van der Waals surface area contributed by atoms with Gasteiger partial charge in [-0.3, -0.25) is 0 Å². The van der Waals surface area contributed by atoms with Crippen molar-refractivity contribution in [3.05, 3.63) is 29.3 Å². The Kier molecular flexibility index (Phi) is 9.40. The first-order valence-electron chi connectivity index (χ1n) is 8.11. The molecule has 0 bridgehead atoms. The summed E-state index contributed by atoms with van der Waals surface area (Å²) in [6.45, 7) is 5.14. The molecule has 0 fully saturated rings. The molecule has 0 aliphatic carbocycles. The highest BCUT2D eigenvalue weighted by Gasteiger charge is 2.01. The lowest BCUT2D eigenvalue weighted by Crippen LogP contribution is -1.99. The van der Waals surface area contributed by atoms with Gasteiger partial charge >= 0.3 is 0 Å². The number of hydrogen-bond acceptors (Lipinski definition) is 2. The van der Waals surface area contributed by atoms with Crippen molar-refractivity contribution in [3.63, 3.8) is 0 Å². The van der Waals surface area contributed by atoms with Crippen molar-refractivity contribution >= 4 is 0 Å². The van der Waals surface area contributed by atoms with Crippen molar-refractivity contribution < 1.29 is 9.84 Å². The molecule has 0 saturated heterocycles. The molecule has 1 aromatic rings. The standard InChI is InChI=1S/C19H28O2/c1-3-4-5-6-7-10-15-21-19-13-12-17(2)16-18(19)11-8-9-14-20/h12-13,16,20H,3-7,9-10,14-15H2,1-2H3. The van der Waals surface area contributed by atoms with Crippen LogP contribution in [0.3, 0.4) is 0 Å². The summed E-state index contributed by atoms with van der Waals surface area (Å²) >= 11 is 0. The first kappa shape index (κ1) is 17.6. The molecule has 0 atom stereocenters. The molecular weight excluding hydrogens is 260 g/mol.